The monoisotopic (exact) mass is 707 g/mol. The van der Waals surface area contributed by atoms with Gasteiger partial charge in [-0.05, 0) is 72.9 Å². The van der Waals surface area contributed by atoms with Gasteiger partial charge in [0.25, 0.3) is 11.8 Å². The Hall–Kier alpha value is -4.22. The van der Waals surface area contributed by atoms with Crippen LogP contribution in [0.2, 0.25) is 5.02 Å². The number of allylic oxidation sites excluding steroid dienone is 2. The number of carbonyl (C=O) groups excluding carboxylic acids is 4. The zero-order valence-corrected chi connectivity index (χ0v) is 27.0. The Labute approximate surface area is 277 Å². The zero-order valence-electron chi connectivity index (χ0n) is 24.7. The van der Waals surface area contributed by atoms with Crippen molar-refractivity contribution in [3.8, 4) is 11.5 Å². The number of hydrogen-bond donors (Lipinski definition) is 2. The molecule has 1 saturated carbocycles. The fourth-order valence-corrected chi connectivity index (χ4v) is 8.71. The van der Waals surface area contributed by atoms with E-state index in [-0.39, 0.29) is 36.2 Å². The molecule has 0 spiro atoms. The SMILES string of the molecule is COc1cc(Br)cc([C@H]2C3=CC[C@@H]4C(=O)N(C)C(=O)[C@@H]4[C@@H]3C[C@H]3C(=O)N(Nc4ccc(F)cc4)C(=O)[C@@]23c2ccc(Cl)cc2)c1O. The fraction of sp³-hybridized carbons (Fsp3) is 0.294. The maximum atomic E-state index is 15.1. The van der Waals surface area contributed by atoms with Crippen molar-refractivity contribution in [1.29, 1.82) is 0 Å². The van der Waals surface area contributed by atoms with Crippen molar-refractivity contribution in [2.45, 2.75) is 24.2 Å². The van der Waals surface area contributed by atoms with E-state index in [0.717, 1.165) is 9.91 Å². The van der Waals surface area contributed by atoms with E-state index in [9.17, 15) is 23.9 Å². The number of hydrogen-bond acceptors (Lipinski definition) is 7. The van der Waals surface area contributed by atoms with Crippen molar-refractivity contribution in [3.05, 3.63) is 98.8 Å². The van der Waals surface area contributed by atoms with Crippen LogP contribution in [0.3, 0.4) is 0 Å². The summed E-state index contributed by atoms with van der Waals surface area (Å²) in [6.45, 7) is 0. The molecule has 12 heteroatoms. The van der Waals surface area contributed by atoms with Gasteiger partial charge in [0.1, 0.15) is 5.82 Å². The summed E-state index contributed by atoms with van der Waals surface area (Å²) in [5.41, 5.74) is 3.07. The van der Waals surface area contributed by atoms with Crippen LogP contribution in [0.15, 0.2) is 76.8 Å². The lowest BCUT2D eigenvalue weighted by Crippen LogP contribution is -2.53. The molecule has 6 atom stereocenters. The van der Waals surface area contributed by atoms with Crippen LogP contribution in [0.4, 0.5) is 10.1 Å². The van der Waals surface area contributed by atoms with Crippen LogP contribution in [0.25, 0.3) is 0 Å². The zero-order chi connectivity index (χ0) is 32.7. The molecule has 4 amide bonds. The maximum Gasteiger partial charge on any atom is 0.260 e. The molecule has 3 aromatic rings. The second-order valence-corrected chi connectivity index (χ2v) is 13.5. The highest BCUT2D eigenvalue weighted by Crippen LogP contribution is 2.65. The highest BCUT2D eigenvalue weighted by molar-refractivity contribution is 9.10. The summed E-state index contributed by atoms with van der Waals surface area (Å²) < 4.78 is 19.8. The van der Waals surface area contributed by atoms with Gasteiger partial charge in [0.15, 0.2) is 11.5 Å². The van der Waals surface area contributed by atoms with Crippen molar-refractivity contribution in [2.24, 2.45) is 23.7 Å². The van der Waals surface area contributed by atoms with Gasteiger partial charge < -0.3 is 9.84 Å². The number of methoxy groups -OCH3 is 1. The summed E-state index contributed by atoms with van der Waals surface area (Å²) in [6.07, 6.45) is 2.25. The molecule has 0 aromatic heterocycles. The van der Waals surface area contributed by atoms with Crippen LogP contribution in [-0.4, -0.2) is 52.8 Å². The summed E-state index contributed by atoms with van der Waals surface area (Å²) in [7, 11) is 2.87. The van der Waals surface area contributed by atoms with Crippen molar-refractivity contribution in [1.82, 2.24) is 9.91 Å². The van der Waals surface area contributed by atoms with Gasteiger partial charge in [-0.2, -0.15) is 5.01 Å². The second kappa shape index (κ2) is 10.9. The number of nitrogens with one attached hydrogen (secondary N) is 1. The number of carbonyl (C=O) groups is 4. The van der Waals surface area contributed by atoms with E-state index in [1.54, 1.807) is 36.4 Å². The van der Waals surface area contributed by atoms with Gasteiger partial charge in [-0.25, -0.2) is 4.39 Å². The van der Waals surface area contributed by atoms with E-state index in [1.807, 2.05) is 6.08 Å². The molecular weight excluding hydrogens is 681 g/mol. The fourth-order valence-electron chi connectivity index (χ4n) is 8.13. The predicted molar refractivity (Wildman–Crippen MR) is 169 cm³/mol. The number of likely N-dealkylation sites (tertiary alicyclic amines) is 1. The number of hydrazine groups is 1. The smallest absolute Gasteiger partial charge is 0.260 e. The molecule has 0 radical (unpaired) electrons. The highest BCUT2D eigenvalue weighted by atomic mass is 79.9. The summed E-state index contributed by atoms with van der Waals surface area (Å²) >= 11 is 9.82. The van der Waals surface area contributed by atoms with Crippen LogP contribution in [0.5, 0.6) is 11.5 Å². The van der Waals surface area contributed by atoms with Crippen LogP contribution < -0.4 is 10.2 Å². The normalized spacial score (nSPS) is 28.5. The third-order valence-electron chi connectivity index (χ3n) is 10.1. The first-order valence-corrected chi connectivity index (χ1v) is 15.9. The molecule has 0 bridgehead atoms. The minimum Gasteiger partial charge on any atom is -0.504 e. The number of amides is 4. The molecule has 2 aliphatic carbocycles. The molecule has 46 heavy (non-hydrogen) atoms. The molecular formula is C34H28BrClFN3O6. The molecule has 2 N–H and O–H groups in total. The van der Waals surface area contributed by atoms with Gasteiger partial charge in [0.05, 0.1) is 36.0 Å². The standard InChI is InChI=1S/C34H28BrClFN3O6/c1-39-30(42)22-12-11-21-23(27(22)32(39)44)15-25-31(43)40(38-20-9-7-19(37)8-10-20)33(45)34(25,16-3-5-18(36)6-4-16)28(21)24-13-17(35)14-26(46-2)29(24)41/h3-11,13-14,22-23,25,27-28,38,41H,12,15H2,1-2H3/t22-,23+,25-,27-,28+,34+/m0/s1. The summed E-state index contributed by atoms with van der Waals surface area (Å²) in [5, 5.41) is 13.1. The van der Waals surface area contributed by atoms with Gasteiger partial charge in [-0.3, -0.25) is 29.5 Å². The Morgan fingerprint density at radius 1 is 1.00 bits per heavy atom. The number of nitrogens with zero attached hydrogens (tertiary/aromatic N) is 2. The van der Waals surface area contributed by atoms with E-state index in [2.05, 4.69) is 21.4 Å². The van der Waals surface area contributed by atoms with E-state index in [0.29, 0.717) is 31.9 Å². The number of rotatable bonds is 5. The number of benzene rings is 3. The lowest BCUT2D eigenvalue weighted by Gasteiger charge is -2.50. The number of phenols is 1. The quantitative estimate of drug-likeness (QED) is 0.263. The van der Waals surface area contributed by atoms with Crippen molar-refractivity contribution < 1.29 is 33.4 Å². The number of fused-ring (bicyclic) bond motifs is 4. The first kappa shape index (κ1) is 30.4. The van der Waals surface area contributed by atoms with Crippen LogP contribution in [0, 0.1) is 29.5 Å². The van der Waals surface area contributed by atoms with E-state index in [1.165, 1.54) is 38.4 Å². The molecule has 2 aliphatic heterocycles. The topological polar surface area (TPSA) is 116 Å². The van der Waals surface area contributed by atoms with Gasteiger partial charge >= 0.3 is 0 Å². The minimum atomic E-state index is -1.62. The number of aromatic hydroxyl groups is 1. The number of imide groups is 2. The average molecular weight is 709 g/mol. The maximum absolute atomic E-state index is 15.1. The summed E-state index contributed by atoms with van der Waals surface area (Å²) in [4.78, 5) is 57.5. The molecule has 7 rings (SSSR count). The first-order chi connectivity index (χ1) is 22.0. The largest absolute Gasteiger partial charge is 0.504 e. The lowest BCUT2D eigenvalue weighted by molar-refractivity contribution is -0.140. The number of anilines is 1. The van der Waals surface area contributed by atoms with Crippen molar-refractivity contribution >= 4 is 56.8 Å². The Morgan fingerprint density at radius 2 is 1.70 bits per heavy atom. The predicted octanol–water partition coefficient (Wildman–Crippen LogP) is 5.57. The van der Waals surface area contributed by atoms with Gasteiger partial charge in [0.2, 0.25) is 11.8 Å². The van der Waals surface area contributed by atoms with E-state index >= 15 is 4.79 Å². The third-order valence-corrected chi connectivity index (χ3v) is 10.8. The second-order valence-electron chi connectivity index (χ2n) is 12.2. The van der Waals surface area contributed by atoms with Crippen molar-refractivity contribution in [2.75, 3.05) is 19.6 Å². The van der Waals surface area contributed by atoms with E-state index in [4.69, 9.17) is 16.3 Å². The minimum absolute atomic E-state index is 0.0943. The van der Waals surface area contributed by atoms with Gasteiger partial charge in [-0.15, -0.1) is 0 Å². The molecule has 4 aliphatic rings. The molecule has 2 heterocycles. The number of ether oxygens (including phenoxy) is 1. The molecule has 2 saturated heterocycles. The number of halogens is 3. The number of phenolic OH excluding ortho intramolecular Hbond substituents is 1. The van der Waals surface area contributed by atoms with Crippen LogP contribution in [0.1, 0.15) is 29.9 Å². The average Bonchev–Trinajstić information content (AvgIpc) is 3.40. The highest BCUT2D eigenvalue weighted by Gasteiger charge is 2.70. The molecule has 0 unspecified atom stereocenters. The van der Waals surface area contributed by atoms with Crippen LogP contribution >= 0.6 is 27.5 Å². The van der Waals surface area contributed by atoms with Crippen molar-refractivity contribution in [3.63, 3.8) is 0 Å². The van der Waals surface area contributed by atoms with Gasteiger partial charge in [0, 0.05) is 28.0 Å². The Morgan fingerprint density at radius 3 is 2.37 bits per heavy atom. The molecule has 3 fully saturated rings. The molecule has 9 nitrogen and oxygen atoms in total. The first-order valence-electron chi connectivity index (χ1n) is 14.7. The lowest BCUT2D eigenvalue weighted by atomic mass is 9.49. The third kappa shape index (κ3) is 4.24. The van der Waals surface area contributed by atoms with Crippen LogP contribution in [-0.2, 0) is 24.6 Å². The summed E-state index contributed by atoms with van der Waals surface area (Å²) in [5.74, 6) is -6.22. The van der Waals surface area contributed by atoms with E-state index < -0.39 is 52.6 Å². The Balaban J connectivity index is 1.51. The Kier molecular flexibility index (Phi) is 7.24. The summed E-state index contributed by atoms with van der Waals surface area (Å²) in [6, 6.07) is 15.2. The van der Waals surface area contributed by atoms with Gasteiger partial charge in [-0.1, -0.05) is 51.3 Å². The molecule has 236 valence electrons. The molecule has 3 aromatic carbocycles. The Bertz CT molecular complexity index is 1850.